The van der Waals surface area contributed by atoms with E-state index >= 15 is 0 Å². The summed E-state index contributed by atoms with van der Waals surface area (Å²) in [5.41, 5.74) is -5.50. The van der Waals surface area contributed by atoms with Gasteiger partial charge in [-0.05, 0) is 12.5 Å². The molecule has 0 aromatic heterocycles. The second-order valence-corrected chi connectivity index (χ2v) is 6.13. The lowest BCUT2D eigenvalue weighted by Gasteiger charge is -2.32. The number of carbonyl (C=O) groups is 1. The van der Waals surface area contributed by atoms with Crippen molar-refractivity contribution >= 4 is 16.2 Å². The third-order valence-electron chi connectivity index (χ3n) is 3.03. The Bertz CT molecular complexity index is 514. The Morgan fingerprint density at radius 3 is 2.62 bits per heavy atom. The summed E-state index contributed by atoms with van der Waals surface area (Å²) in [6.07, 6.45) is 1.53. The van der Waals surface area contributed by atoms with Gasteiger partial charge in [0, 0.05) is 19.0 Å². The van der Waals surface area contributed by atoms with Gasteiger partial charge in [0.2, 0.25) is 0 Å². The van der Waals surface area contributed by atoms with E-state index in [2.05, 4.69) is 4.18 Å². The average molecular weight is 331 g/mol. The molecule has 0 saturated carbocycles. The molecule has 0 spiro atoms. The van der Waals surface area contributed by atoms with Crippen LogP contribution >= 0.6 is 0 Å². The highest BCUT2D eigenvalue weighted by molar-refractivity contribution is 7.87. The van der Waals surface area contributed by atoms with Crippen molar-refractivity contribution in [1.82, 2.24) is 4.90 Å². The zero-order chi connectivity index (χ0) is 16.3. The van der Waals surface area contributed by atoms with Gasteiger partial charge in [-0.15, -0.1) is 0 Å². The van der Waals surface area contributed by atoms with Crippen LogP contribution in [0, 0.1) is 0 Å². The van der Waals surface area contributed by atoms with Gasteiger partial charge in [-0.25, -0.2) is 4.79 Å². The molecule has 0 saturated heterocycles. The number of amides is 1. The summed E-state index contributed by atoms with van der Waals surface area (Å²) < 4.78 is 62.7. The molecular weight excluding hydrogens is 315 g/mol. The first kappa shape index (κ1) is 17.6. The summed E-state index contributed by atoms with van der Waals surface area (Å²) >= 11 is 0. The predicted octanol–water partition coefficient (Wildman–Crippen LogP) is 2.68. The van der Waals surface area contributed by atoms with E-state index in [9.17, 15) is 26.4 Å². The first-order chi connectivity index (χ1) is 9.58. The molecule has 1 aliphatic heterocycles. The third kappa shape index (κ3) is 4.51. The number of halogens is 3. The van der Waals surface area contributed by atoms with Crippen molar-refractivity contribution in [2.75, 3.05) is 6.54 Å². The molecule has 0 radical (unpaired) electrons. The largest absolute Gasteiger partial charge is 0.534 e. The molecule has 1 amide bonds. The maximum absolute atomic E-state index is 12.2. The molecule has 0 aromatic rings. The molecular formula is C11H16F3NO5S. The Balaban J connectivity index is 2.85. The van der Waals surface area contributed by atoms with Gasteiger partial charge in [0.25, 0.3) is 0 Å². The smallest absolute Gasteiger partial charge is 0.465 e. The van der Waals surface area contributed by atoms with Crippen LogP contribution in [0.25, 0.3) is 0 Å². The van der Waals surface area contributed by atoms with E-state index < -0.39 is 27.8 Å². The summed E-state index contributed by atoms with van der Waals surface area (Å²) in [4.78, 5) is 12.1. The van der Waals surface area contributed by atoms with Crippen LogP contribution < -0.4 is 0 Å². The van der Waals surface area contributed by atoms with Crippen molar-refractivity contribution in [3.8, 4) is 0 Å². The van der Waals surface area contributed by atoms with Crippen LogP contribution in [0.15, 0.2) is 11.8 Å². The minimum absolute atomic E-state index is 0.193. The highest BCUT2D eigenvalue weighted by Crippen LogP contribution is 2.30. The Hall–Kier alpha value is -1.45. The van der Waals surface area contributed by atoms with Crippen molar-refractivity contribution in [3.63, 3.8) is 0 Å². The van der Waals surface area contributed by atoms with E-state index in [0.29, 0.717) is 12.8 Å². The molecule has 10 heteroatoms. The molecule has 0 bridgehead atoms. The molecule has 1 aliphatic rings. The van der Waals surface area contributed by atoms with Crippen LogP contribution in [0.2, 0.25) is 0 Å². The van der Waals surface area contributed by atoms with Crippen molar-refractivity contribution in [3.05, 3.63) is 11.8 Å². The van der Waals surface area contributed by atoms with Crippen molar-refractivity contribution in [2.45, 2.75) is 44.2 Å². The fourth-order valence-corrected chi connectivity index (χ4v) is 2.48. The molecule has 0 aromatic carbocycles. The summed E-state index contributed by atoms with van der Waals surface area (Å²) in [7, 11) is -5.71. The number of hydrogen-bond acceptors (Lipinski definition) is 4. The Labute approximate surface area is 120 Å². The van der Waals surface area contributed by atoms with Crippen LogP contribution in [0.1, 0.15) is 32.6 Å². The second-order valence-electron chi connectivity index (χ2n) is 4.59. The summed E-state index contributed by atoms with van der Waals surface area (Å²) in [6, 6.07) is -0.592. The molecule has 1 unspecified atom stereocenters. The van der Waals surface area contributed by atoms with E-state index in [4.69, 9.17) is 5.11 Å². The highest BCUT2D eigenvalue weighted by atomic mass is 32.2. The topological polar surface area (TPSA) is 83.9 Å². The van der Waals surface area contributed by atoms with Crippen molar-refractivity contribution in [1.29, 1.82) is 0 Å². The van der Waals surface area contributed by atoms with E-state index in [-0.39, 0.29) is 18.7 Å². The van der Waals surface area contributed by atoms with Gasteiger partial charge in [0.1, 0.15) is 5.76 Å². The van der Waals surface area contributed by atoms with Gasteiger partial charge < -0.3 is 14.2 Å². The molecule has 0 fully saturated rings. The molecule has 1 N–H and O–H groups in total. The van der Waals surface area contributed by atoms with E-state index in [0.717, 1.165) is 17.4 Å². The number of carboxylic acid groups (broad SMARTS) is 1. The standard InChI is InChI=1S/C11H16F3NO5S/c1-2-3-4-8-7-9(5-6-15(8)10(16)17)20-21(18,19)11(12,13)14/h5,8H,2-4,6-7H2,1H3,(H,16,17). The van der Waals surface area contributed by atoms with Crippen LogP contribution in [0.5, 0.6) is 0 Å². The number of alkyl halides is 3. The minimum atomic E-state index is -5.71. The van der Waals surface area contributed by atoms with E-state index in [1.165, 1.54) is 0 Å². The van der Waals surface area contributed by atoms with Crippen LogP contribution in [0.3, 0.4) is 0 Å². The fourth-order valence-electron chi connectivity index (χ4n) is 1.96. The first-order valence-electron chi connectivity index (χ1n) is 6.28. The molecule has 21 heavy (non-hydrogen) atoms. The summed E-state index contributed by atoms with van der Waals surface area (Å²) in [6.45, 7) is 1.68. The van der Waals surface area contributed by atoms with Gasteiger partial charge in [0.15, 0.2) is 0 Å². The summed E-state index contributed by atoms with van der Waals surface area (Å²) in [5.74, 6) is -0.370. The van der Waals surface area contributed by atoms with Gasteiger partial charge in [-0.2, -0.15) is 21.6 Å². The fraction of sp³-hybridized carbons (Fsp3) is 0.727. The van der Waals surface area contributed by atoms with Crippen LogP contribution in [0.4, 0.5) is 18.0 Å². The molecule has 122 valence electrons. The molecule has 0 aliphatic carbocycles. The van der Waals surface area contributed by atoms with Crippen LogP contribution in [-0.2, 0) is 14.3 Å². The number of nitrogens with zero attached hydrogens (tertiary/aromatic N) is 1. The van der Waals surface area contributed by atoms with Crippen molar-refractivity contribution < 1.29 is 35.7 Å². The lowest BCUT2D eigenvalue weighted by Crippen LogP contribution is -2.43. The zero-order valence-corrected chi connectivity index (χ0v) is 12.1. The summed E-state index contributed by atoms with van der Waals surface area (Å²) in [5, 5.41) is 9.01. The van der Waals surface area contributed by atoms with Gasteiger partial charge in [-0.3, -0.25) is 0 Å². The predicted molar refractivity (Wildman–Crippen MR) is 66.8 cm³/mol. The highest BCUT2D eigenvalue weighted by Gasteiger charge is 2.49. The third-order valence-corrected chi connectivity index (χ3v) is 4.03. The first-order valence-corrected chi connectivity index (χ1v) is 7.68. The number of hydrogen-bond donors (Lipinski definition) is 1. The maximum Gasteiger partial charge on any atom is 0.534 e. The lowest BCUT2D eigenvalue weighted by atomic mass is 10.0. The number of unbranched alkanes of at least 4 members (excludes halogenated alkanes) is 1. The molecule has 6 nitrogen and oxygen atoms in total. The number of rotatable bonds is 5. The SMILES string of the molecule is CCCCC1CC(OS(=O)(=O)C(F)(F)F)=CCN1C(=O)O. The Morgan fingerprint density at radius 2 is 2.14 bits per heavy atom. The minimum Gasteiger partial charge on any atom is -0.465 e. The zero-order valence-electron chi connectivity index (χ0n) is 11.3. The van der Waals surface area contributed by atoms with E-state index in [1.54, 1.807) is 0 Å². The lowest BCUT2D eigenvalue weighted by molar-refractivity contribution is -0.0526. The Morgan fingerprint density at radius 1 is 1.52 bits per heavy atom. The van der Waals surface area contributed by atoms with E-state index in [1.807, 2.05) is 6.92 Å². The van der Waals surface area contributed by atoms with Gasteiger partial charge in [0.05, 0.1) is 0 Å². The van der Waals surface area contributed by atoms with Crippen LogP contribution in [-0.4, -0.2) is 42.6 Å². The Kier molecular flexibility index (Phi) is 5.48. The quantitative estimate of drug-likeness (QED) is 0.618. The van der Waals surface area contributed by atoms with Gasteiger partial charge in [-0.1, -0.05) is 19.8 Å². The average Bonchev–Trinajstić information content (AvgIpc) is 2.34. The second kappa shape index (κ2) is 6.54. The van der Waals surface area contributed by atoms with Gasteiger partial charge >= 0.3 is 21.7 Å². The van der Waals surface area contributed by atoms with Crippen molar-refractivity contribution in [2.24, 2.45) is 0 Å². The normalized spacial score (nSPS) is 20.1. The molecule has 1 atom stereocenters. The molecule has 1 rings (SSSR count). The maximum atomic E-state index is 12.2. The monoisotopic (exact) mass is 331 g/mol. The molecule has 1 heterocycles.